The summed E-state index contributed by atoms with van der Waals surface area (Å²) in [6, 6.07) is 12.1. The highest BCUT2D eigenvalue weighted by atomic mass is 35.5. The average Bonchev–Trinajstić information content (AvgIpc) is 2.90. The molecule has 28 heavy (non-hydrogen) atoms. The molecule has 0 unspecified atom stereocenters. The Kier molecular flexibility index (Phi) is 5.76. The number of hydrogen-bond acceptors (Lipinski definition) is 3. The highest BCUT2D eigenvalue weighted by Crippen LogP contribution is 2.29. The summed E-state index contributed by atoms with van der Waals surface area (Å²) in [5.41, 5.74) is 1.38. The van der Waals surface area contributed by atoms with Crippen LogP contribution in [0.15, 0.2) is 47.3 Å². The first-order valence-electron chi connectivity index (χ1n) is 8.41. The van der Waals surface area contributed by atoms with Crippen LogP contribution < -0.4 is 11.0 Å². The van der Waals surface area contributed by atoms with Gasteiger partial charge in [0.2, 0.25) is 11.8 Å². The SMILES string of the molecule is CN(CC(=O)Nc1c(Cl)cccc1Cl)C(=O)Cn1c(=O)n(C)c2ccccc21. The van der Waals surface area contributed by atoms with E-state index in [1.165, 1.54) is 21.1 Å². The minimum absolute atomic E-state index is 0.170. The number of carbonyl (C=O) groups excluding carboxylic acids is 2. The number of para-hydroxylation sites is 3. The van der Waals surface area contributed by atoms with Crippen molar-refractivity contribution in [3.05, 3.63) is 63.0 Å². The van der Waals surface area contributed by atoms with Gasteiger partial charge in [-0.2, -0.15) is 0 Å². The van der Waals surface area contributed by atoms with Crippen LogP contribution in [-0.4, -0.2) is 39.4 Å². The van der Waals surface area contributed by atoms with Crippen LogP contribution in [0.4, 0.5) is 5.69 Å². The molecule has 0 spiro atoms. The summed E-state index contributed by atoms with van der Waals surface area (Å²) in [4.78, 5) is 38.5. The molecule has 3 aromatic rings. The van der Waals surface area contributed by atoms with Crippen molar-refractivity contribution in [2.75, 3.05) is 18.9 Å². The Bertz CT molecular complexity index is 1100. The quantitative estimate of drug-likeness (QED) is 0.689. The zero-order valence-corrected chi connectivity index (χ0v) is 16.8. The fourth-order valence-electron chi connectivity index (χ4n) is 2.87. The van der Waals surface area contributed by atoms with Gasteiger partial charge >= 0.3 is 5.69 Å². The Hall–Kier alpha value is -2.77. The number of carbonyl (C=O) groups is 2. The molecule has 0 saturated heterocycles. The lowest BCUT2D eigenvalue weighted by Gasteiger charge is -2.18. The molecule has 3 rings (SSSR count). The van der Waals surface area contributed by atoms with E-state index in [-0.39, 0.29) is 24.7 Å². The first-order chi connectivity index (χ1) is 13.3. The van der Waals surface area contributed by atoms with Gasteiger partial charge in [-0.15, -0.1) is 0 Å². The lowest BCUT2D eigenvalue weighted by atomic mass is 10.3. The van der Waals surface area contributed by atoms with Gasteiger partial charge in [0.1, 0.15) is 6.54 Å². The molecule has 7 nitrogen and oxygen atoms in total. The van der Waals surface area contributed by atoms with Gasteiger partial charge in [-0.05, 0) is 24.3 Å². The third-order valence-electron chi connectivity index (χ3n) is 4.38. The van der Waals surface area contributed by atoms with Crippen molar-refractivity contribution in [1.82, 2.24) is 14.0 Å². The predicted octanol–water partition coefficient (Wildman–Crippen LogP) is 2.74. The molecular weight excluding hydrogens is 403 g/mol. The Morgan fingerprint density at radius 2 is 1.64 bits per heavy atom. The van der Waals surface area contributed by atoms with Crippen molar-refractivity contribution in [2.24, 2.45) is 7.05 Å². The van der Waals surface area contributed by atoms with Crippen molar-refractivity contribution >= 4 is 51.7 Å². The van der Waals surface area contributed by atoms with Crippen LogP contribution in [0.2, 0.25) is 10.0 Å². The van der Waals surface area contributed by atoms with E-state index >= 15 is 0 Å². The molecule has 1 N–H and O–H groups in total. The maximum Gasteiger partial charge on any atom is 0.329 e. The number of likely N-dealkylation sites (N-methyl/N-ethyl adjacent to an activating group) is 1. The molecule has 0 saturated carbocycles. The Labute approximate surface area is 171 Å². The van der Waals surface area contributed by atoms with Gasteiger partial charge in [0, 0.05) is 14.1 Å². The van der Waals surface area contributed by atoms with Gasteiger partial charge in [-0.25, -0.2) is 4.79 Å². The average molecular weight is 421 g/mol. The molecule has 0 aliphatic heterocycles. The second kappa shape index (κ2) is 8.08. The summed E-state index contributed by atoms with van der Waals surface area (Å²) in [6.45, 7) is -0.378. The molecule has 2 aromatic carbocycles. The van der Waals surface area contributed by atoms with E-state index in [9.17, 15) is 14.4 Å². The van der Waals surface area contributed by atoms with Crippen LogP contribution in [0.1, 0.15) is 0 Å². The van der Waals surface area contributed by atoms with Crippen LogP contribution in [0.3, 0.4) is 0 Å². The smallest absolute Gasteiger partial charge is 0.329 e. The number of rotatable bonds is 5. The van der Waals surface area contributed by atoms with Crippen LogP contribution in [-0.2, 0) is 23.2 Å². The second-order valence-electron chi connectivity index (χ2n) is 6.31. The number of benzene rings is 2. The number of imidazole rings is 1. The fourth-order valence-corrected chi connectivity index (χ4v) is 3.36. The largest absolute Gasteiger partial charge is 0.335 e. The molecule has 0 fully saturated rings. The second-order valence-corrected chi connectivity index (χ2v) is 7.13. The number of fused-ring (bicyclic) bond motifs is 1. The van der Waals surface area contributed by atoms with Crippen LogP contribution in [0, 0.1) is 0 Å². The topological polar surface area (TPSA) is 76.3 Å². The summed E-state index contributed by atoms with van der Waals surface area (Å²) < 4.78 is 2.87. The number of anilines is 1. The standard InChI is InChI=1S/C19H18Cl2N4O3/c1-23(10-16(26)22-18-12(20)6-5-7-13(18)21)17(27)11-25-15-9-4-3-8-14(15)24(2)19(25)28/h3-9H,10-11H2,1-2H3,(H,22,26). The van der Waals surface area contributed by atoms with Gasteiger partial charge in [-0.1, -0.05) is 41.4 Å². The highest BCUT2D eigenvalue weighted by molar-refractivity contribution is 6.39. The van der Waals surface area contributed by atoms with Crippen molar-refractivity contribution in [3.63, 3.8) is 0 Å². The van der Waals surface area contributed by atoms with Crippen LogP contribution in [0.25, 0.3) is 11.0 Å². The number of amides is 2. The normalized spacial score (nSPS) is 10.9. The molecule has 1 aromatic heterocycles. The maximum absolute atomic E-state index is 12.6. The van der Waals surface area contributed by atoms with Gasteiger partial charge in [0.05, 0.1) is 33.3 Å². The van der Waals surface area contributed by atoms with E-state index in [1.807, 2.05) is 12.1 Å². The summed E-state index contributed by atoms with van der Waals surface area (Å²) in [7, 11) is 3.14. The van der Waals surface area contributed by atoms with Gasteiger partial charge in [0.25, 0.3) is 0 Å². The first-order valence-corrected chi connectivity index (χ1v) is 9.17. The molecule has 9 heteroatoms. The summed E-state index contributed by atoms with van der Waals surface area (Å²) in [5.74, 6) is -0.824. The molecular formula is C19H18Cl2N4O3. The monoisotopic (exact) mass is 420 g/mol. The van der Waals surface area contributed by atoms with E-state index < -0.39 is 5.91 Å². The zero-order chi connectivity index (χ0) is 20.4. The van der Waals surface area contributed by atoms with Gasteiger partial charge in [-0.3, -0.25) is 18.7 Å². The van der Waals surface area contributed by atoms with Gasteiger partial charge < -0.3 is 10.2 Å². The van der Waals surface area contributed by atoms with E-state index in [0.717, 1.165) is 5.52 Å². The molecule has 1 heterocycles. The van der Waals surface area contributed by atoms with Crippen LogP contribution >= 0.6 is 23.2 Å². The van der Waals surface area contributed by atoms with Crippen molar-refractivity contribution < 1.29 is 9.59 Å². The highest BCUT2D eigenvalue weighted by Gasteiger charge is 2.18. The number of nitrogens with one attached hydrogen (secondary N) is 1. The molecule has 0 atom stereocenters. The minimum Gasteiger partial charge on any atom is -0.335 e. The van der Waals surface area contributed by atoms with Crippen molar-refractivity contribution in [1.29, 1.82) is 0 Å². The molecule has 0 aliphatic carbocycles. The summed E-state index contributed by atoms with van der Waals surface area (Å²) in [6.07, 6.45) is 0. The van der Waals surface area contributed by atoms with E-state index in [1.54, 1.807) is 37.4 Å². The fraction of sp³-hybridized carbons (Fsp3) is 0.211. The minimum atomic E-state index is -0.448. The van der Waals surface area contributed by atoms with Crippen molar-refractivity contribution in [3.8, 4) is 0 Å². The van der Waals surface area contributed by atoms with Crippen molar-refractivity contribution in [2.45, 2.75) is 6.54 Å². The molecule has 146 valence electrons. The third-order valence-corrected chi connectivity index (χ3v) is 5.01. The third kappa shape index (κ3) is 3.90. The van der Waals surface area contributed by atoms with E-state index in [2.05, 4.69) is 5.32 Å². The van der Waals surface area contributed by atoms with Gasteiger partial charge in [0.15, 0.2) is 0 Å². The number of aryl methyl sites for hydroxylation is 1. The maximum atomic E-state index is 12.6. The number of hydrogen-bond donors (Lipinski definition) is 1. The Morgan fingerprint density at radius 3 is 2.29 bits per heavy atom. The van der Waals surface area contributed by atoms with Crippen LogP contribution in [0.5, 0.6) is 0 Å². The molecule has 2 amide bonds. The molecule has 0 bridgehead atoms. The number of halogens is 2. The Balaban J connectivity index is 1.71. The summed E-state index contributed by atoms with van der Waals surface area (Å²) in [5, 5.41) is 3.21. The predicted molar refractivity (Wildman–Crippen MR) is 110 cm³/mol. The zero-order valence-electron chi connectivity index (χ0n) is 15.3. The molecule has 0 aliphatic rings. The molecule has 0 radical (unpaired) electrons. The lowest BCUT2D eigenvalue weighted by molar-refractivity contribution is -0.133. The summed E-state index contributed by atoms with van der Waals surface area (Å²) >= 11 is 12.1. The first kappa shape index (κ1) is 20.0. The Morgan fingerprint density at radius 1 is 1.04 bits per heavy atom. The van der Waals surface area contributed by atoms with E-state index in [0.29, 0.717) is 21.2 Å². The lowest BCUT2D eigenvalue weighted by Crippen LogP contribution is -2.38. The number of nitrogens with zero attached hydrogens (tertiary/aromatic N) is 3. The van der Waals surface area contributed by atoms with E-state index in [4.69, 9.17) is 23.2 Å². The number of aromatic nitrogens is 2.